The van der Waals surface area contributed by atoms with Crippen LogP contribution in [0.2, 0.25) is 0 Å². The summed E-state index contributed by atoms with van der Waals surface area (Å²) in [5.74, 6) is 5.89. The fourth-order valence-corrected chi connectivity index (χ4v) is 9.12. The standard InChI is InChI=1S/C59H57N7/c1-36(2)45-30-46(37(3)4)33-49(32-45)65-53-20-14-12-18-51(53)60-58(65)43-26-22-41(23-27-43)56-62-55(40-16-10-9-11-17-40)63-57(64-56)42-24-28-44(29-25-42)59-61-52-19-13-15-21-54(52)66(59)50-34-47(38(5)6)31-48(35-50)39(7)8/h9-30,32-39,47H,31H2,1-8H3. The highest BCUT2D eigenvalue weighted by molar-refractivity contribution is 5.88. The van der Waals surface area contributed by atoms with Gasteiger partial charge in [0.1, 0.15) is 11.6 Å². The third-order valence-electron chi connectivity index (χ3n) is 13.2. The van der Waals surface area contributed by atoms with Gasteiger partial charge in [-0.25, -0.2) is 24.9 Å². The molecule has 1 unspecified atom stereocenters. The summed E-state index contributed by atoms with van der Waals surface area (Å²) >= 11 is 0. The number of rotatable bonds is 11. The molecular weight excluding hydrogens is 807 g/mol. The van der Waals surface area contributed by atoms with Gasteiger partial charge in [0.2, 0.25) is 0 Å². The van der Waals surface area contributed by atoms with Gasteiger partial charge in [0.25, 0.3) is 0 Å². The maximum atomic E-state index is 5.24. The van der Waals surface area contributed by atoms with Crippen LogP contribution in [-0.2, 0) is 0 Å². The molecule has 0 radical (unpaired) electrons. The van der Waals surface area contributed by atoms with Crippen molar-refractivity contribution >= 4 is 27.8 Å². The van der Waals surface area contributed by atoms with E-state index in [0.29, 0.717) is 47.1 Å². The lowest BCUT2D eigenvalue weighted by molar-refractivity contribution is 0.443. The first-order valence-electron chi connectivity index (χ1n) is 23.5. The minimum Gasteiger partial charge on any atom is -0.293 e. The maximum absolute atomic E-state index is 5.24. The molecule has 0 spiro atoms. The van der Waals surface area contributed by atoms with Crippen molar-refractivity contribution in [2.75, 3.05) is 0 Å². The van der Waals surface area contributed by atoms with Crippen LogP contribution in [0.15, 0.2) is 163 Å². The van der Waals surface area contributed by atoms with E-state index in [9.17, 15) is 0 Å². The highest BCUT2D eigenvalue weighted by Gasteiger charge is 2.24. The normalized spacial score (nSPS) is 14.3. The highest BCUT2D eigenvalue weighted by Crippen LogP contribution is 2.39. The van der Waals surface area contributed by atoms with Crippen LogP contribution in [0.1, 0.15) is 84.8 Å². The number of allylic oxidation sites excluding steroid dienone is 4. The van der Waals surface area contributed by atoms with Gasteiger partial charge in [-0.3, -0.25) is 9.13 Å². The van der Waals surface area contributed by atoms with Gasteiger partial charge in [0.05, 0.1) is 22.1 Å². The summed E-state index contributed by atoms with van der Waals surface area (Å²) in [6.07, 6.45) is 5.94. The van der Waals surface area contributed by atoms with Crippen molar-refractivity contribution < 1.29 is 0 Å². The van der Waals surface area contributed by atoms with Gasteiger partial charge < -0.3 is 0 Å². The Kier molecular flexibility index (Phi) is 11.4. The van der Waals surface area contributed by atoms with E-state index < -0.39 is 0 Å². The Bertz CT molecular complexity index is 3250. The molecule has 0 saturated heterocycles. The number of para-hydroxylation sites is 4. The van der Waals surface area contributed by atoms with E-state index in [1.165, 1.54) is 22.4 Å². The molecule has 0 fully saturated rings. The Morgan fingerprint density at radius 2 is 0.879 bits per heavy atom. The zero-order valence-corrected chi connectivity index (χ0v) is 39.2. The van der Waals surface area contributed by atoms with Crippen molar-refractivity contribution in [3.63, 3.8) is 0 Å². The van der Waals surface area contributed by atoms with Gasteiger partial charge in [0.15, 0.2) is 17.5 Å². The van der Waals surface area contributed by atoms with Crippen molar-refractivity contribution in [3.8, 4) is 62.6 Å². The van der Waals surface area contributed by atoms with Gasteiger partial charge in [-0.1, -0.05) is 176 Å². The van der Waals surface area contributed by atoms with E-state index >= 15 is 0 Å². The molecule has 0 saturated carbocycles. The molecule has 0 bridgehead atoms. The quantitative estimate of drug-likeness (QED) is 0.129. The van der Waals surface area contributed by atoms with Crippen LogP contribution < -0.4 is 0 Å². The average Bonchev–Trinajstić information content (AvgIpc) is 3.94. The lowest BCUT2D eigenvalue weighted by Crippen LogP contribution is -2.15. The topological polar surface area (TPSA) is 74.3 Å². The van der Waals surface area contributed by atoms with Crippen molar-refractivity contribution in [1.82, 2.24) is 34.1 Å². The predicted octanol–water partition coefficient (Wildman–Crippen LogP) is 15.2. The van der Waals surface area contributed by atoms with Crippen LogP contribution in [0.25, 0.3) is 90.4 Å². The van der Waals surface area contributed by atoms with Crippen LogP contribution in [-0.4, -0.2) is 34.1 Å². The molecule has 3 heterocycles. The number of benzene rings is 6. The smallest absolute Gasteiger partial charge is 0.164 e. The van der Waals surface area contributed by atoms with Crippen LogP contribution in [0.4, 0.5) is 0 Å². The van der Waals surface area contributed by atoms with E-state index in [0.717, 1.165) is 73.6 Å². The molecule has 0 N–H and O–H groups in total. The second-order valence-electron chi connectivity index (χ2n) is 19.1. The second-order valence-corrected chi connectivity index (χ2v) is 19.1. The molecule has 3 aromatic heterocycles. The molecule has 1 aliphatic rings. The monoisotopic (exact) mass is 863 g/mol. The van der Waals surface area contributed by atoms with Gasteiger partial charge in [-0.2, -0.15) is 0 Å². The predicted molar refractivity (Wildman–Crippen MR) is 273 cm³/mol. The summed E-state index contributed by atoms with van der Waals surface area (Å²) in [5.41, 5.74) is 15.3. The molecule has 6 aromatic carbocycles. The molecule has 1 aliphatic carbocycles. The summed E-state index contributed by atoms with van der Waals surface area (Å²) in [6, 6.07) is 51.0. The van der Waals surface area contributed by atoms with Crippen molar-refractivity contribution in [2.24, 2.45) is 17.8 Å². The van der Waals surface area contributed by atoms with Crippen molar-refractivity contribution in [3.05, 3.63) is 174 Å². The number of fused-ring (bicyclic) bond motifs is 2. The summed E-state index contributed by atoms with van der Waals surface area (Å²) in [4.78, 5) is 25.8. The van der Waals surface area contributed by atoms with Gasteiger partial charge in [-0.05, 0) is 89.6 Å². The van der Waals surface area contributed by atoms with Gasteiger partial charge in [0, 0.05) is 39.2 Å². The fourth-order valence-electron chi connectivity index (χ4n) is 9.12. The number of hydrogen-bond donors (Lipinski definition) is 0. The number of nitrogens with zero attached hydrogens (tertiary/aromatic N) is 7. The third kappa shape index (κ3) is 8.19. The molecule has 1 atom stereocenters. The summed E-state index contributed by atoms with van der Waals surface area (Å²) < 4.78 is 4.66. The van der Waals surface area contributed by atoms with Gasteiger partial charge >= 0.3 is 0 Å². The zero-order valence-electron chi connectivity index (χ0n) is 39.2. The number of aromatic nitrogens is 7. The SMILES string of the molecule is CC(C)C1=CC(n2c(-c3ccc(-c4nc(-c5ccccc5)nc(-c5ccc(-c6nc7ccccc7n6-c6cc(C(C)C)cc(C(C)C)c6)cc5)n4)cc3)nc3ccccc32)=CC(C(C)C)C1. The third-order valence-corrected chi connectivity index (χ3v) is 13.2. The maximum Gasteiger partial charge on any atom is 0.164 e. The van der Waals surface area contributed by atoms with Crippen molar-refractivity contribution in [2.45, 2.75) is 73.6 Å². The first-order valence-corrected chi connectivity index (χ1v) is 23.5. The first kappa shape index (κ1) is 42.7. The summed E-state index contributed by atoms with van der Waals surface area (Å²) in [7, 11) is 0. The van der Waals surface area contributed by atoms with E-state index in [-0.39, 0.29) is 0 Å². The first-order chi connectivity index (χ1) is 32.0. The molecule has 0 aliphatic heterocycles. The summed E-state index contributed by atoms with van der Waals surface area (Å²) in [6.45, 7) is 18.3. The Morgan fingerprint density at radius 1 is 0.439 bits per heavy atom. The molecular formula is C59H57N7. The molecule has 10 rings (SSSR count). The molecule has 0 amide bonds. The largest absolute Gasteiger partial charge is 0.293 e. The highest BCUT2D eigenvalue weighted by atomic mass is 15.1. The Morgan fingerprint density at radius 3 is 1.36 bits per heavy atom. The second kappa shape index (κ2) is 17.6. The van der Waals surface area contributed by atoms with Crippen LogP contribution >= 0.6 is 0 Å². The Balaban J connectivity index is 1.04. The van der Waals surface area contributed by atoms with Crippen LogP contribution in [0.5, 0.6) is 0 Å². The molecule has 9 aromatic rings. The van der Waals surface area contributed by atoms with Crippen LogP contribution in [0.3, 0.4) is 0 Å². The van der Waals surface area contributed by atoms with Crippen molar-refractivity contribution in [1.29, 1.82) is 0 Å². The fraction of sp³-hybridized carbons (Fsp3) is 0.237. The van der Waals surface area contributed by atoms with Crippen LogP contribution in [0, 0.1) is 17.8 Å². The molecule has 7 nitrogen and oxygen atoms in total. The zero-order chi connectivity index (χ0) is 45.6. The van der Waals surface area contributed by atoms with E-state index in [1.54, 1.807) is 0 Å². The van der Waals surface area contributed by atoms with E-state index in [4.69, 9.17) is 24.9 Å². The van der Waals surface area contributed by atoms with E-state index in [1.807, 2.05) is 30.3 Å². The Hall–Kier alpha value is -7.25. The minimum atomic E-state index is 0.395. The Labute approximate surface area is 388 Å². The average molecular weight is 864 g/mol. The number of hydrogen-bond acceptors (Lipinski definition) is 5. The lowest BCUT2D eigenvalue weighted by atomic mass is 9.81. The number of imidazole rings is 2. The van der Waals surface area contributed by atoms with E-state index in [2.05, 4.69) is 192 Å². The molecule has 328 valence electrons. The molecule has 66 heavy (non-hydrogen) atoms. The lowest BCUT2D eigenvalue weighted by Gasteiger charge is -2.27. The summed E-state index contributed by atoms with van der Waals surface area (Å²) in [5, 5.41) is 0. The molecule has 7 heteroatoms. The minimum absolute atomic E-state index is 0.395. The van der Waals surface area contributed by atoms with Gasteiger partial charge in [-0.15, -0.1) is 0 Å².